The van der Waals surface area contributed by atoms with Crippen molar-refractivity contribution < 1.29 is 9.59 Å². The maximum atomic E-state index is 12.9. The minimum absolute atomic E-state index is 0. The first-order valence-electron chi connectivity index (χ1n) is 10.1. The number of carbonyl (C=O) groups excluding carboxylic acids is 2. The SMILES string of the molecule is Cl.Cl.O=C(Nc1ccc(Cl)cn1)C1CCN(C(=O)C2CC3CCCCC3N2)CC1. The van der Waals surface area contributed by atoms with Crippen LogP contribution in [0.5, 0.6) is 0 Å². The molecule has 0 aromatic carbocycles. The average Bonchev–Trinajstić information content (AvgIpc) is 3.13. The maximum absolute atomic E-state index is 12.9. The van der Waals surface area contributed by atoms with Crippen LogP contribution in [-0.2, 0) is 9.59 Å². The van der Waals surface area contributed by atoms with E-state index in [-0.39, 0.29) is 48.6 Å². The monoisotopic (exact) mass is 462 g/mol. The van der Waals surface area contributed by atoms with E-state index >= 15 is 0 Å². The van der Waals surface area contributed by atoms with Crippen molar-refractivity contribution in [3.05, 3.63) is 23.4 Å². The first-order valence-corrected chi connectivity index (χ1v) is 10.4. The fraction of sp³-hybridized carbons (Fsp3) is 0.650. The largest absolute Gasteiger partial charge is 0.341 e. The normalized spacial score (nSPS) is 26.7. The van der Waals surface area contributed by atoms with Crippen molar-refractivity contribution >= 4 is 54.0 Å². The molecule has 1 aromatic heterocycles. The Kier molecular flexibility index (Phi) is 9.01. The molecule has 3 aliphatic rings. The summed E-state index contributed by atoms with van der Waals surface area (Å²) in [7, 11) is 0. The van der Waals surface area contributed by atoms with Gasteiger partial charge in [0.05, 0.1) is 11.1 Å². The highest BCUT2D eigenvalue weighted by Gasteiger charge is 2.40. The van der Waals surface area contributed by atoms with E-state index in [2.05, 4.69) is 15.6 Å². The van der Waals surface area contributed by atoms with E-state index in [0.29, 0.717) is 48.7 Å². The molecule has 3 heterocycles. The van der Waals surface area contributed by atoms with Gasteiger partial charge in [0.2, 0.25) is 11.8 Å². The fourth-order valence-electron chi connectivity index (χ4n) is 4.77. The molecule has 2 amide bonds. The molecule has 6 nitrogen and oxygen atoms in total. The molecular weight excluding hydrogens is 435 g/mol. The third kappa shape index (κ3) is 5.75. The van der Waals surface area contributed by atoms with Crippen LogP contribution in [0.15, 0.2) is 18.3 Å². The quantitative estimate of drug-likeness (QED) is 0.717. The summed E-state index contributed by atoms with van der Waals surface area (Å²) >= 11 is 5.82. The fourth-order valence-corrected chi connectivity index (χ4v) is 4.88. The Hall–Kier alpha value is -1.08. The molecule has 9 heteroatoms. The Bertz CT molecular complexity index is 681. The predicted octanol–water partition coefficient (Wildman–Crippen LogP) is 3.68. The topological polar surface area (TPSA) is 74.3 Å². The van der Waals surface area contributed by atoms with Gasteiger partial charge in [0, 0.05) is 31.2 Å². The van der Waals surface area contributed by atoms with Crippen LogP contribution in [0.1, 0.15) is 44.9 Å². The molecule has 2 aliphatic heterocycles. The summed E-state index contributed by atoms with van der Waals surface area (Å²) in [6, 6.07) is 3.91. The molecule has 3 atom stereocenters. The minimum atomic E-state index is -0.0781. The first-order chi connectivity index (χ1) is 13.1. The number of hydrogen-bond acceptors (Lipinski definition) is 4. The second-order valence-electron chi connectivity index (χ2n) is 8.06. The van der Waals surface area contributed by atoms with Gasteiger partial charge in [0.15, 0.2) is 0 Å². The second kappa shape index (κ2) is 10.8. The summed E-state index contributed by atoms with van der Waals surface area (Å²) in [6.45, 7) is 1.30. The second-order valence-corrected chi connectivity index (χ2v) is 8.49. The smallest absolute Gasteiger partial charge is 0.239 e. The Morgan fingerprint density at radius 2 is 1.83 bits per heavy atom. The van der Waals surface area contributed by atoms with Crippen LogP contribution in [0.25, 0.3) is 0 Å². The third-order valence-corrected chi connectivity index (χ3v) is 6.54. The van der Waals surface area contributed by atoms with E-state index in [4.69, 9.17) is 11.6 Å². The molecule has 3 fully saturated rings. The number of pyridine rings is 1. The summed E-state index contributed by atoms with van der Waals surface area (Å²) in [4.78, 5) is 31.4. The standard InChI is InChI=1S/C20H27ClN4O2.2ClH/c21-15-5-6-18(22-12-15)24-19(26)13-7-9-25(10-8-13)20(27)17-11-14-3-1-2-4-16(14)23-17;;/h5-6,12-14,16-17,23H,1-4,7-11H2,(H,22,24,26);2*1H. The zero-order valence-electron chi connectivity index (χ0n) is 16.3. The van der Waals surface area contributed by atoms with Crippen molar-refractivity contribution in [2.75, 3.05) is 18.4 Å². The lowest BCUT2D eigenvalue weighted by molar-refractivity contribution is -0.136. The number of halogens is 3. The van der Waals surface area contributed by atoms with Crippen molar-refractivity contribution in [1.29, 1.82) is 0 Å². The number of anilines is 1. The molecule has 1 aliphatic carbocycles. The number of fused-ring (bicyclic) bond motifs is 1. The number of piperidine rings is 1. The van der Waals surface area contributed by atoms with Crippen molar-refractivity contribution in [2.45, 2.75) is 57.0 Å². The van der Waals surface area contributed by atoms with Gasteiger partial charge >= 0.3 is 0 Å². The zero-order valence-corrected chi connectivity index (χ0v) is 18.7. The molecule has 2 saturated heterocycles. The first kappa shape index (κ1) is 24.2. The van der Waals surface area contributed by atoms with E-state index in [1.54, 1.807) is 12.1 Å². The highest BCUT2D eigenvalue weighted by Crippen LogP contribution is 2.34. The van der Waals surface area contributed by atoms with E-state index in [1.165, 1.54) is 31.9 Å². The Balaban J connectivity index is 0.00000150. The molecule has 2 N–H and O–H groups in total. The number of amides is 2. The van der Waals surface area contributed by atoms with E-state index < -0.39 is 0 Å². The molecule has 1 saturated carbocycles. The van der Waals surface area contributed by atoms with Crippen molar-refractivity contribution in [3.63, 3.8) is 0 Å². The van der Waals surface area contributed by atoms with Crippen LogP contribution >= 0.6 is 36.4 Å². The van der Waals surface area contributed by atoms with Gasteiger partial charge in [-0.1, -0.05) is 24.4 Å². The molecule has 3 unspecified atom stereocenters. The van der Waals surface area contributed by atoms with E-state index in [0.717, 1.165) is 6.42 Å². The van der Waals surface area contributed by atoms with Gasteiger partial charge in [-0.3, -0.25) is 9.59 Å². The highest BCUT2D eigenvalue weighted by atomic mass is 35.5. The molecule has 4 rings (SSSR count). The van der Waals surface area contributed by atoms with Crippen LogP contribution in [-0.4, -0.2) is 46.9 Å². The third-order valence-electron chi connectivity index (χ3n) is 6.32. The highest BCUT2D eigenvalue weighted by molar-refractivity contribution is 6.30. The average molecular weight is 464 g/mol. The van der Waals surface area contributed by atoms with Gasteiger partial charge in [0.25, 0.3) is 0 Å². The van der Waals surface area contributed by atoms with Crippen LogP contribution in [0.2, 0.25) is 5.02 Å². The van der Waals surface area contributed by atoms with Gasteiger partial charge in [-0.2, -0.15) is 0 Å². The summed E-state index contributed by atoms with van der Waals surface area (Å²) < 4.78 is 0. The summed E-state index contributed by atoms with van der Waals surface area (Å²) in [5.41, 5.74) is 0. The van der Waals surface area contributed by atoms with Crippen LogP contribution in [0, 0.1) is 11.8 Å². The molecular formula is C20H29Cl3N4O2. The zero-order chi connectivity index (χ0) is 18.8. The summed E-state index contributed by atoms with van der Waals surface area (Å²) in [5, 5.41) is 6.96. The molecule has 0 radical (unpaired) electrons. The van der Waals surface area contributed by atoms with Crippen molar-refractivity contribution in [1.82, 2.24) is 15.2 Å². The molecule has 162 valence electrons. The molecule has 0 spiro atoms. The number of aromatic nitrogens is 1. The Morgan fingerprint density at radius 3 is 2.48 bits per heavy atom. The number of nitrogens with one attached hydrogen (secondary N) is 2. The maximum Gasteiger partial charge on any atom is 0.239 e. The number of hydrogen-bond donors (Lipinski definition) is 2. The van der Waals surface area contributed by atoms with Gasteiger partial charge in [-0.25, -0.2) is 4.98 Å². The van der Waals surface area contributed by atoms with E-state index in [1.807, 2.05) is 4.90 Å². The molecule has 1 aromatic rings. The number of carbonyl (C=O) groups is 2. The molecule has 29 heavy (non-hydrogen) atoms. The van der Waals surface area contributed by atoms with Gasteiger partial charge in [-0.15, -0.1) is 24.8 Å². The van der Waals surface area contributed by atoms with Crippen LogP contribution in [0.4, 0.5) is 5.82 Å². The summed E-state index contributed by atoms with van der Waals surface area (Å²) in [6.07, 6.45) is 8.93. The van der Waals surface area contributed by atoms with Crippen molar-refractivity contribution in [2.24, 2.45) is 11.8 Å². The Morgan fingerprint density at radius 1 is 1.10 bits per heavy atom. The van der Waals surface area contributed by atoms with Crippen LogP contribution in [0.3, 0.4) is 0 Å². The lowest BCUT2D eigenvalue weighted by Gasteiger charge is -2.33. The van der Waals surface area contributed by atoms with Gasteiger partial charge in [0.1, 0.15) is 5.82 Å². The molecule has 0 bridgehead atoms. The lowest BCUT2D eigenvalue weighted by atomic mass is 9.85. The predicted molar refractivity (Wildman–Crippen MR) is 119 cm³/mol. The Labute approximate surface area is 189 Å². The minimum Gasteiger partial charge on any atom is -0.341 e. The summed E-state index contributed by atoms with van der Waals surface area (Å²) in [5.74, 6) is 1.30. The van der Waals surface area contributed by atoms with Crippen LogP contribution < -0.4 is 10.6 Å². The van der Waals surface area contributed by atoms with Gasteiger partial charge in [-0.05, 0) is 50.2 Å². The van der Waals surface area contributed by atoms with Gasteiger partial charge < -0.3 is 15.5 Å². The number of likely N-dealkylation sites (tertiary alicyclic amines) is 1. The van der Waals surface area contributed by atoms with Crippen molar-refractivity contribution in [3.8, 4) is 0 Å². The number of rotatable bonds is 3. The lowest BCUT2D eigenvalue weighted by Crippen LogP contribution is -2.49. The van der Waals surface area contributed by atoms with E-state index in [9.17, 15) is 9.59 Å². The number of nitrogens with zero attached hydrogens (tertiary/aromatic N) is 2.